The van der Waals surface area contributed by atoms with Crippen molar-refractivity contribution in [3.05, 3.63) is 46.8 Å². The lowest BCUT2D eigenvalue weighted by Gasteiger charge is -2.44. The Labute approximate surface area is 181 Å². The summed E-state index contributed by atoms with van der Waals surface area (Å²) in [6.07, 6.45) is 4.15. The zero-order chi connectivity index (χ0) is 20.7. The number of hydrogen-bond donors (Lipinski definition) is 2. The number of benzene rings is 1. The van der Waals surface area contributed by atoms with Crippen molar-refractivity contribution in [1.29, 1.82) is 0 Å². The molecule has 3 N–H and O–H groups in total. The number of fused-ring (bicyclic) bond motifs is 2. The predicted octanol–water partition coefficient (Wildman–Crippen LogP) is 3.29. The number of nitrogens with zero attached hydrogens (tertiary/aromatic N) is 1. The number of carbonyl (C=O) groups excluding carboxylic acids is 1. The molecular weight excluding hydrogens is 396 g/mol. The summed E-state index contributed by atoms with van der Waals surface area (Å²) < 4.78 is 6.41. The van der Waals surface area contributed by atoms with E-state index in [0.717, 1.165) is 45.4 Å². The Morgan fingerprint density at radius 3 is 2.70 bits per heavy atom. The van der Waals surface area contributed by atoms with E-state index < -0.39 is 6.10 Å². The molecule has 2 aromatic rings. The van der Waals surface area contributed by atoms with Gasteiger partial charge in [-0.15, -0.1) is 11.3 Å². The molecule has 3 atom stereocenters. The first-order valence-electron chi connectivity index (χ1n) is 11.1. The molecule has 160 valence electrons. The maximum Gasteiger partial charge on any atom is 0.225 e. The average molecular weight is 427 g/mol. The maximum absolute atomic E-state index is 13.1. The van der Waals surface area contributed by atoms with Crippen molar-refractivity contribution in [3.63, 3.8) is 0 Å². The number of thiophene rings is 1. The first-order chi connectivity index (χ1) is 14.6. The first kappa shape index (κ1) is 20.2. The van der Waals surface area contributed by atoms with Gasteiger partial charge in [0, 0.05) is 34.8 Å². The number of piperidine rings is 1. The van der Waals surface area contributed by atoms with Gasteiger partial charge in [0.1, 0.15) is 5.60 Å². The number of ether oxygens (including phenoxy) is 1. The maximum atomic E-state index is 13.1. The van der Waals surface area contributed by atoms with Crippen molar-refractivity contribution in [2.24, 2.45) is 11.7 Å². The van der Waals surface area contributed by atoms with Crippen molar-refractivity contribution >= 4 is 17.2 Å². The van der Waals surface area contributed by atoms with Gasteiger partial charge in [0.05, 0.1) is 12.7 Å². The largest absolute Gasteiger partial charge is 0.392 e. The number of likely N-dealkylation sites (tertiary alicyclic amines) is 1. The van der Waals surface area contributed by atoms with Gasteiger partial charge in [0.25, 0.3) is 0 Å². The highest BCUT2D eigenvalue weighted by atomic mass is 32.1. The number of aliphatic hydroxyl groups excluding tert-OH is 1. The van der Waals surface area contributed by atoms with E-state index in [0.29, 0.717) is 12.8 Å². The minimum atomic E-state index is -0.467. The Morgan fingerprint density at radius 1 is 1.20 bits per heavy atom. The van der Waals surface area contributed by atoms with E-state index in [1.807, 2.05) is 22.3 Å². The molecule has 1 saturated carbocycles. The van der Waals surface area contributed by atoms with Gasteiger partial charge in [0.2, 0.25) is 5.91 Å². The summed E-state index contributed by atoms with van der Waals surface area (Å²) in [4.78, 5) is 17.7. The molecular formula is C24H30N2O3S. The topological polar surface area (TPSA) is 75.8 Å². The highest BCUT2D eigenvalue weighted by Crippen LogP contribution is 2.47. The normalized spacial score (nSPS) is 28.3. The highest BCUT2D eigenvalue weighted by Gasteiger charge is 2.44. The lowest BCUT2D eigenvalue weighted by molar-refractivity contribution is -0.146. The van der Waals surface area contributed by atoms with E-state index in [1.165, 1.54) is 20.9 Å². The van der Waals surface area contributed by atoms with Crippen LogP contribution in [0.3, 0.4) is 0 Å². The van der Waals surface area contributed by atoms with Gasteiger partial charge >= 0.3 is 0 Å². The first-order valence-corrected chi connectivity index (χ1v) is 11.9. The number of nitrogens with two attached hydrogens (primary N) is 1. The molecule has 0 bridgehead atoms. The van der Waals surface area contributed by atoms with Gasteiger partial charge in [-0.1, -0.05) is 30.3 Å². The number of aliphatic hydroxyl groups is 1. The summed E-state index contributed by atoms with van der Waals surface area (Å²) in [5.74, 6) is 0.158. The number of hydrogen-bond acceptors (Lipinski definition) is 5. The van der Waals surface area contributed by atoms with E-state index in [9.17, 15) is 9.90 Å². The van der Waals surface area contributed by atoms with Crippen molar-refractivity contribution in [3.8, 4) is 10.4 Å². The molecule has 0 unspecified atom stereocenters. The van der Waals surface area contributed by atoms with Gasteiger partial charge in [0.15, 0.2) is 0 Å². The van der Waals surface area contributed by atoms with E-state index in [4.69, 9.17) is 10.5 Å². The fourth-order valence-corrected chi connectivity index (χ4v) is 6.71. The smallest absolute Gasteiger partial charge is 0.225 e. The second-order valence-corrected chi connectivity index (χ2v) is 10.0. The number of amides is 1. The van der Waals surface area contributed by atoms with Gasteiger partial charge < -0.3 is 20.5 Å². The monoisotopic (exact) mass is 426 g/mol. The second-order valence-electron chi connectivity index (χ2n) is 8.99. The van der Waals surface area contributed by atoms with Crippen molar-refractivity contribution < 1.29 is 14.6 Å². The van der Waals surface area contributed by atoms with Crippen molar-refractivity contribution in [1.82, 2.24) is 4.90 Å². The molecule has 1 aromatic carbocycles. The summed E-state index contributed by atoms with van der Waals surface area (Å²) >= 11 is 1.86. The lowest BCUT2D eigenvalue weighted by atomic mass is 9.81. The SMILES string of the molecule is N[C@@H]1C[C@@H](C(=O)N2CCC3(CC2)OCCc2cc(-c4ccccc4)sc23)CC[C@H]1O. The minimum Gasteiger partial charge on any atom is -0.392 e. The summed E-state index contributed by atoms with van der Waals surface area (Å²) in [5.41, 5.74) is 8.44. The standard InChI is InChI=1S/C24H30N2O3S/c25-19-14-18(6-7-20(19)27)23(28)26-11-9-24(10-12-26)22-17(8-13-29-24)15-21(30-22)16-4-2-1-3-5-16/h1-5,15,18-20,27H,6-14,25H2/t18-,19+,20+/m0/s1. The van der Waals surface area contributed by atoms with Gasteiger partial charge in [-0.05, 0) is 55.7 Å². The number of rotatable bonds is 2. The van der Waals surface area contributed by atoms with Crippen LogP contribution in [0.25, 0.3) is 10.4 Å². The molecule has 5 rings (SSSR count). The highest BCUT2D eigenvalue weighted by molar-refractivity contribution is 7.15. The lowest BCUT2D eigenvalue weighted by Crippen LogP contribution is -2.51. The van der Waals surface area contributed by atoms with Gasteiger partial charge in [-0.3, -0.25) is 4.79 Å². The Morgan fingerprint density at radius 2 is 1.97 bits per heavy atom. The molecule has 30 heavy (non-hydrogen) atoms. The Kier molecular flexibility index (Phi) is 5.44. The minimum absolute atomic E-state index is 0.0493. The molecule has 1 saturated heterocycles. The molecule has 1 spiro atoms. The van der Waals surface area contributed by atoms with E-state index >= 15 is 0 Å². The molecule has 1 aliphatic carbocycles. The molecule has 0 radical (unpaired) electrons. The molecule has 2 aliphatic heterocycles. The van der Waals surface area contributed by atoms with Crippen LogP contribution in [0.4, 0.5) is 0 Å². The van der Waals surface area contributed by atoms with Crippen LogP contribution in [0.5, 0.6) is 0 Å². The molecule has 1 amide bonds. The summed E-state index contributed by atoms with van der Waals surface area (Å²) in [7, 11) is 0. The van der Waals surface area contributed by atoms with Crippen molar-refractivity contribution in [2.45, 2.75) is 56.3 Å². The zero-order valence-electron chi connectivity index (χ0n) is 17.3. The third-order valence-corrected chi connectivity index (χ3v) is 8.54. The fraction of sp³-hybridized carbons (Fsp3) is 0.542. The van der Waals surface area contributed by atoms with Crippen LogP contribution >= 0.6 is 11.3 Å². The van der Waals surface area contributed by atoms with Gasteiger partial charge in [-0.25, -0.2) is 0 Å². The molecule has 3 heterocycles. The molecule has 6 heteroatoms. The van der Waals surface area contributed by atoms with Crippen LogP contribution in [-0.2, 0) is 21.6 Å². The Balaban J connectivity index is 1.31. The summed E-state index contributed by atoms with van der Waals surface area (Å²) in [6, 6.07) is 12.6. The fourth-order valence-electron chi connectivity index (χ4n) is 5.30. The Hall–Kier alpha value is -1.73. The van der Waals surface area contributed by atoms with Crippen LogP contribution < -0.4 is 5.73 Å². The van der Waals surface area contributed by atoms with Crippen LogP contribution in [0, 0.1) is 5.92 Å². The summed E-state index contributed by atoms with van der Waals surface area (Å²) in [5, 5.41) is 9.87. The third-order valence-electron chi connectivity index (χ3n) is 7.12. The summed E-state index contributed by atoms with van der Waals surface area (Å²) in [6.45, 7) is 2.21. The van der Waals surface area contributed by atoms with E-state index in [2.05, 4.69) is 30.3 Å². The van der Waals surface area contributed by atoms with Crippen LogP contribution in [0.15, 0.2) is 36.4 Å². The third kappa shape index (κ3) is 3.60. The van der Waals surface area contributed by atoms with Crippen LogP contribution in [0.1, 0.15) is 42.5 Å². The van der Waals surface area contributed by atoms with Crippen LogP contribution in [-0.4, -0.2) is 47.8 Å². The van der Waals surface area contributed by atoms with Crippen LogP contribution in [0.2, 0.25) is 0 Å². The quantitative estimate of drug-likeness (QED) is 0.773. The van der Waals surface area contributed by atoms with E-state index in [1.54, 1.807) is 0 Å². The number of carbonyl (C=O) groups is 1. The average Bonchev–Trinajstić information content (AvgIpc) is 3.23. The van der Waals surface area contributed by atoms with Crippen molar-refractivity contribution in [2.75, 3.05) is 19.7 Å². The zero-order valence-corrected chi connectivity index (χ0v) is 18.1. The second kappa shape index (κ2) is 8.08. The van der Waals surface area contributed by atoms with E-state index in [-0.39, 0.29) is 23.5 Å². The predicted molar refractivity (Wildman–Crippen MR) is 118 cm³/mol. The molecule has 3 aliphatic rings. The molecule has 2 fully saturated rings. The molecule has 5 nitrogen and oxygen atoms in total. The Bertz CT molecular complexity index is 904. The molecule has 1 aromatic heterocycles. The van der Waals surface area contributed by atoms with Gasteiger partial charge in [-0.2, -0.15) is 0 Å².